The molecule has 6 heteroatoms. The third-order valence-electron chi connectivity index (χ3n) is 5.97. The van der Waals surface area contributed by atoms with Crippen LogP contribution in [-0.4, -0.2) is 9.97 Å². The molecule has 0 spiro atoms. The summed E-state index contributed by atoms with van der Waals surface area (Å²) in [5.74, 6) is 0. The van der Waals surface area contributed by atoms with Crippen LogP contribution in [0, 0.1) is 0 Å². The minimum absolute atomic E-state index is 0.0739. The maximum absolute atomic E-state index is 4.77. The smallest absolute Gasteiger partial charge is 0.239 e. The summed E-state index contributed by atoms with van der Waals surface area (Å²) in [5, 5.41) is 10.8. The lowest BCUT2D eigenvalue weighted by Crippen LogP contribution is -2.48. The minimum atomic E-state index is 0.0739. The first-order chi connectivity index (χ1) is 13.4. The van der Waals surface area contributed by atoms with Crippen LogP contribution in [0.3, 0.4) is 0 Å². The molecule has 0 saturated carbocycles. The summed E-state index contributed by atoms with van der Waals surface area (Å²) in [6.07, 6.45) is 6.16. The van der Waals surface area contributed by atoms with Crippen molar-refractivity contribution in [3.05, 3.63) is 88.3 Å². The van der Waals surface area contributed by atoms with Crippen molar-refractivity contribution in [2.45, 2.75) is 38.4 Å². The second-order valence-electron chi connectivity index (χ2n) is 7.40. The van der Waals surface area contributed by atoms with Gasteiger partial charge in [-0.05, 0) is 23.8 Å². The highest BCUT2D eigenvalue weighted by Gasteiger charge is 2.37. The molecule has 3 aromatic heterocycles. The monoisotopic (exact) mass is 357 g/mol. The molecule has 2 atom stereocenters. The Morgan fingerprint density at radius 1 is 0.852 bits per heavy atom. The van der Waals surface area contributed by atoms with E-state index in [9.17, 15) is 0 Å². The molecule has 0 fully saturated rings. The van der Waals surface area contributed by atoms with E-state index in [1.807, 2.05) is 18.5 Å². The number of nitrogens with one attached hydrogen (secondary N) is 3. The predicted octanol–water partition coefficient (Wildman–Crippen LogP) is 1.21. The summed E-state index contributed by atoms with van der Waals surface area (Å²) in [6.45, 7) is 3.55. The topological polar surface area (TPSA) is 65.8 Å². The van der Waals surface area contributed by atoms with Gasteiger partial charge in [0.25, 0.3) is 0 Å². The van der Waals surface area contributed by atoms with Gasteiger partial charge in [0.1, 0.15) is 0 Å². The number of aromatic nitrogens is 3. The lowest BCUT2D eigenvalue weighted by molar-refractivity contribution is -0.724. The average molecular weight is 357 g/mol. The third kappa shape index (κ3) is 2.27. The summed E-state index contributed by atoms with van der Waals surface area (Å²) in [4.78, 5) is 9.40. The van der Waals surface area contributed by atoms with Crippen molar-refractivity contribution in [1.29, 1.82) is 0 Å². The van der Waals surface area contributed by atoms with Gasteiger partial charge in [0.05, 0.1) is 24.0 Å². The first-order valence-corrected chi connectivity index (χ1v) is 9.51. The molecule has 3 N–H and O–H groups in total. The average Bonchev–Trinajstić information content (AvgIpc) is 3.44. The number of nitrogens with zero attached hydrogens (tertiary/aromatic N) is 3. The summed E-state index contributed by atoms with van der Waals surface area (Å²) in [7, 11) is 0. The first-order valence-electron chi connectivity index (χ1n) is 9.51. The van der Waals surface area contributed by atoms with E-state index < -0.39 is 0 Å². The highest BCUT2D eigenvalue weighted by Crippen LogP contribution is 2.34. The van der Waals surface area contributed by atoms with Crippen molar-refractivity contribution in [2.24, 2.45) is 0 Å². The third-order valence-corrected chi connectivity index (χ3v) is 5.97. The van der Waals surface area contributed by atoms with Crippen LogP contribution in [-0.2, 0) is 26.2 Å². The largest absolute Gasteiger partial charge is 0.303 e. The Morgan fingerprint density at radius 3 is 2.78 bits per heavy atom. The number of fused-ring (bicyclic) bond motifs is 3. The van der Waals surface area contributed by atoms with Crippen LogP contribution < -0.4 is 20.5 Å². The van der Waals surface area contributed by atoms with Crippen LogP contribution in [0.25, 0.3) is 0 Å². The highest BCUT2D eigenvalue weighted by atomic mass is 15.2. The van der Waals surface area contributed by atoms with Crippen LogP contribution in [0.1, 0.15) is 51.5 Å². The Morgan fingerprint density at radius 2 is 1.78 bits per heavy atom. The number of hydrogen-bond donors (Lipinski definition) is 3. The fraction of sp³-hybridized carbons (Fsp3) is 0.286. The Labute approximate surface area is 157 Å². The summed E-state index contributed by atoms with van der Waals surface area (Å²) >= 11 is 0. The molecule has 6 heterocycles. The van der Waals surface area contributed by atoms with Crippen molar-refractivity contribution in [3.63, 3.8) is 0 Å². The molecule has 27 heavy (non-hydrogen) atoms. The zero-order valence-electron chi connectivity index (χ0n) is 14.9. The zero-order chi connectivity index (χ0) is 17.8. The van der Waals surface area contributed by atoms with Gasteiger partial charge in [-0.15, -0.1) is 0 Å². The standard InChI is InChI=1S/C21H21N6/c1-3-14-10-25-20(18(14)23-6-1)19-16-11-26-21(15(16)5-7-24-19)27-8-2-4-13-9-22-12-17(13)27/h1-8,20-22,25-26H,9-12H2/q+1. The SMILES string of the molecule is c1cnc2c(c1)CNC2c1nccc2c1CNC2[n+]1cccc2c1CNC2. The second-order valence-corrected chi connectivity index (χ2v) is 7.40. The van der Waals surface area contributed by atoms with Crippen molar-refractivity contribution in [1.82, 2.24) is 25.9 Å². The van der Waals surface area contributed by atoms with E-state index in [0.717, 1.165) is 37.6 Å². The molecule has 2 unspecified atom stereocenters. The quantitative estimate of drug-likeness (QED) is 0.602. The highest BCUT2D eigenvalue weighted by molar-refractivity contribution is 5.42. The lowest BCUT2D eigenvalue weighted by atomic mass is 10.0. The van der Waals surface area contributed by atoms with E-state index in [4.69, 9.17) is 4.98 Å². The fourth-order valence-corrected chi connectivity index (χ4v) is 4.70. The van der Waals surface area contributed by atoms with Crippen molar-refractivity contribution < 1.29 is 4.57 Å². The van der Waals surface area contributed by atoms with Crippen LogP contribution in [0.15, 0.2) is 48.9 Å². The second kappa shape index (κ2) is 5.92. The van der Waals surface area contributed by atoms with Crippen molar-refractivity contribution >= 4 is 0 Å². The molecule has 134 valence electrons. The van der Waals surface area contributed by atoms with E-state index in [2.05, 4.69) is 56.0 Å². The summed E-state index contributed by atoms with van der Waals surface area (Å²) < 4.78 is 2.37. The molecule has 3 aliphatic rings. The number of rotatable bonds is 2. The summed E-state index contributed by atoms with van der Waals surface area (Å²) in [5.41, 5.74) is 8.85. The van der Waals surface area contributed by atoms with Crippen LogP contribution in [0.5, 0.6) is 0 Å². The van der Waals surface area contributed by atoms with Gasteiger partial charge in [-0.2, -0.15) is 4.57 Å². The predicted molar refractivity (Wildman–Crippen MR) is 99.3 cm³/mol. The molecule has 0 aromatic carbocycles. The maximum Gasteiger partial charge on any atom is 0.239 e. The Hall–Kier alpha value is -2.67. The molecule has 3 aliphatic heterocycles. The van der Waals surface area contributed by atoms with Gasteiger partial charge < -0.3 is 5.32 Å². The Kier molecular flexibility index (Phi) is 3.38. The molecule has 6 rings (SSSR count). The van der Waals surface area contributed by atoms with Gasteiger partial charge in [-0.25, -0.2) is 0 Å². The molecule has 6 nitrogen and oxygen atoms in total. The number of hydrogen-bond acceptors (Lipinski definition) is 5. The zero-order valence-corrected chi connectivity index (χ0v) is 14.9. The van der Waals surface area contributed by atoms with Crippen molar-refractivity contribution in [3.8, 4) is 0 Å². The molecule has 0 amide bonds. The fourth-order valence-electron chi connectivity index (χ4n) is 4.70. The molecular formula is C21H21N6+. The van der Waals surface area contributed by atoms with Gasteiger partial charge in [-0.3, -0.25) is 20.6 Å². The van der Waals surface area contributed by atoms with Crippen molar-refractivity contribution in [2.75, 3.05) is 0 Å². The van der Waals surface area contributed by atoms with Gasteiger partial charge in [0, 0.05) is 54.8 Å². The Balaban J connectivity index is 1.44. The van der Waals surface area contributed by atoms with E-state index in [1.165, 1.54) is 27.9 Å². The van der Waals surface area contributed by atoms with E-state index in [-0.39, 0.29) is 12.2 Å². The summed E-state index contributed by atoms with van der Waals surface area (Å²) in [6, 6.07) is 10.7. The first kappa shape index (κ1) is 15.4. The molecule has 0 saturated heterocycles. The number of pyridine rings is 3. The van der Waals surface area contributed by atoms with Gasteiger partial charge in [0.15, 0.2) is 6.20 Å². The van der Waals surface area contributed by atoms with Crippen LogP contribution in [0.4, 0.5) is 0 Å². The van der Waals surface area contributed by atoms with Gasteiger partial charge in [-0.1, -0.05) is 6.07 Å². The molecule has 3 aromatic rings. The Bertz CT molecular complexity index is 1050. The normalized spacial score (nSPS) is 22.5. The molecule has 0 aliphatic carbocycles. The molecule has 0 bridgehead atoms. The van der Waals surface area contributed by atoms with Gasteiger partial charge >= 0.3 is 0 Å². The lowest BCUT2D eigenvalue weighted by Gasteiger charge is -2.15. The van der Waals surface area contributed by atoms with Crippen LogP contribution >= 0.6 is 0 Å². The minimum Gasteiger partial charge on any atom is -0.303 e. The van der Waals surface area contributed by atoms with Crippen LogP contribution in [0.2, 0.25) is 0 Å². The van der Waals surface area contributed by atoms with E-state index in [0.29, 0.717) is 0 Å². The van der Waals surface area contributed by atoms with Gasteiger partial charge in [0.2, 0.25) is 11.9 Å². The maximum atomic E-state index is 4.77. The molecule has 0 radical (unpaired) electrons. The van der Waals surface area contributed by atoms with E-state index in [1.54, 1.807) is 0 Å². The van der Waals surface area contributed by atoms with E-state index >= 15 is 0 Å². The molecular weight excluding hydrogens is 336 g/mol.